The number of hydrogen-bond acceptors (Lipinski definition) is 3. The van der Waals surface area contributed by atoms with Crippen LogP contribution in [0.3, 0.4) is 0 Å². The Hall–Kier alpha value is -1.07. The second-order valence-electron chi connectivity index (χ2n) is 4.90. The summed E-state index contributed by atoms with van der Waals surface area (Å²) in [6, 6.07) is 5.81. The van der Waals surface area contributed by atoms with E-state index in [1.165, 1.54) is 0 Å². The van der Waals surface area contributed by atoms with Gasteiger partial charge >= 0.3 is 0 Å². The molecule has 2 aromatic rings. The van der Waals surface area contributed by atoms with E-state index >= 15 is 0 Å². The van der Waals surface area contributed by atoms with Crippen LogP contribution in [0.25, 0.3) is 11.0 Å². The van der Waals surface area contributed by atoms with Crippen LogP contribution >= 0.6 is 11.6 Å². The monoisotopic (exact) mass is 314 g/mol. The number of rotatable bonds is 5. The quantitative estimate of drug-likeness (QED) is 0.795. The molecule has 3 atom stereocenters. The minimum Gasteiger partial charge on any atom is -0.497 e. The molecule has 110 valence electrons. The molecule has 0 aliphatic carbocycles. The third-order valence-corrected chi connectivity index (χ3v) is 4.34. The zero-order valence-electron chi connectivity index (χ0n) is 12.1. The van der Waals surface area contributed by atoms with Crippen molar-refractivity contribution >= 4 is 33.4 Å². The van der Waals surface area contributed by atoms with Gasteiger partial charge in [-0.1, -0.05) is 0 Å². The SMILES string of the molecule is COc1ccc2nc(C(C)Cl)n(C(C)CS(C)=O)c2c1. The molecule has 0 bridgehead atoms. The Morgan fingerprint density at radius 2 is 2.15 bits per heavy atom. The first-order valence-electron chi connectivity index (χ1n) is 6.44. The van der Waals surface area contributed by atoms with E-state index in [4.69, 9.17) is 16.3 Å². The van der Waals surface area contributed by atoms with Crippen molar-refractivity contribution in [2.24, 2.45) is 0 Å². The van der Waals surface area contributed by atoms with E-state index in [1.807, 2.05) is 32.0 Å². The molecule has 0 saturated carbocycles. The molecule has 0 fully saturated rings. The maximum absolute atomic E-state index is 11.5. The number of aromatic nitrogens is 2. The van der Waals surface area contributed by atoms with Gasteiger partial charge in [0.15, 0.2) is 0 Å². The lowest BCUT2D eigenvalue weighted by atomic mass is 10.2. The number of nitrogens with zero attached hydrogens (tertiary/aromatic N) is 2. The Bertz CT molecular complexity index is 639. The molecule has 1 aromatic carbocycles. The van der Waals surface area contributed by atoms with Gasteiger partial charge < -0.3 is 9.30 Å². The van der Waals surface area contributed by atoms with Gasteiger partial charge in [0.05, 0.1) is 23.5 Å². The molecule has 1 aromatic heterocycles. The van der Waals surface area contributed by atoms with Gasteiger partial charge in [-0.05, 0) is 26.0 Å². The minimum atomic E-state index is -0.875. The fourth-order valence-electron chi connectivity index (χ4n) is 2.38. The van der Waals surface area contributed by atoms with E-state index in [-0.39, 0.29) is 11.4 Å². The van der Waals surface area contributed by atoms with Crippen LogP contribution in [-0.2, 0) is 10.8 Å². The zero-order chi connectivity index (χ0) is 14.9. The van der Waals surface area contributed by atoms with Crippen LogP contribution in [-0.4, -0.2) is 32.9 Å². The normalized spacial score (nSPS) is 16.1. The van der Waals surface area contributed by atoms with Crippen molar-refractivity contribution in [2.45, 2.75) is 25.3 Å². The molecular formula is C14H19ClN2O2S. The molecule has 2 rings (SSSR count). The molecule has 3 unspecified atom stereocenters. The van der Waals surface area contributed by atoms with E-state index in [2.05, 4.69) is 9.55 Å². The first-order valence-corrected chi connectivity index (χ1v) is 8.60. The first-order chi connectivity index (χ1) is 9.43. The topological polar surface area (TPSA) is 44.1 Å². The molecule has 0 aliphatic rings. The van der Waals surface area contributed by atoms with Crippen LogP contribution in [0.5, 0.6) is 5.75 Å². The maximum atomic E-state index is 11.5. The summed E-state index contributed by atoms with van der Waals surface area (Å²) in [5.41, 5.74) is 1.84. The van der Waals surface area contributed by atoms with Crippen LogP contribution in [0.1, 0.15) is 31.1 Å². The van der Waals surface area contributed by atoms with Crippen LogP contribution in [0.2, 0.25) is 0 Å². The van der Waals surface area contributed by atoms with E-state index < -0.39 is 10.8 Å². The molecule has 4 nitrogen and oxygen atoms in total. The largest absolute Gasteiger partial charge is 0.497 e. The highest BCUT2D eigenvalue weighted by molar-refractivity contribution is 7.84. The van der Waals surface area contributed by atoms with Crippen molar-refractivity contribution in [3.05, 3.63) is 24.0 Å². The van der Waals surface area contributed by atoms with Gasteiger partial charge in [0.1, 0.15) is 11.6 Å². The summed E-state index contributed by atoms with van der Waals surface area (Å²) in [6.07, 6.45) is 1.71. The molecule has 0 N–H and O–H groups in total. The van der Waals surface area contributed by atoms with E-state index in [0.717, 1.165) is 22.6 Å². The fourth-order valence-corrected chi connectivity index (χ4v) is 3.36. The van der Waals surface area contributed by atoms with Gasteiger partial charge in [0, 0.05) is 34.9 Å². The van der Waals surface area contributed by atoms with Gasteiger partial charge in [-0.2, -0.15) is 0 Å². The molecular weight excluding hydrogens is 296 g/mol. The summed E-state index contributed by atoms with van der Waals surface area (Å²) in [5.74, 6) is 2.14. The molecule has 6 heteroatoms. The van der Waals surface area contributed by atoms with Crippen molar-refractivity contribution in [2.75, 3.05) is 19.1 Å². The van der Waals surface area contributed by atoms with Crippen LogP contribution in [0, 0.1) is 0 Å². The molecule has 0 saturated heterocycles. The Balaban J connectivity index is 2.62. The summed E-state index contributed by atoms with van der Waals surface area (Å²) < 4.78 is 18.8. The lowest BCUT2D eigenvalue weighted by Gasteiger charge is -2.17. The van der Waals surface area contributed by atoms with Crippen LogP contribution < -0.4 is 4.74 Å². The Morgan fingerprint density at radius 1 is 1.45 bits per heavy atom. The highest BCUT2D eigenvalue weighted by Crippen LogP contribution is 2.30. The number of benzene rings is 1. The zero-order valence-corrected chi connectivity index (χ0v) is 13.7. The second-order valence-corrected chi connectivity index (χ2v) is 7.03. The standard InChI is InChI=1S/C14H19ClN2O2S/c1-9(8-20(4)18)17-13-7-11(19-3)5-6-12(13)16-14(17)10(2)15/h5-7,9-10H,8H2,1-4H3. The van der Waals surface area contributed by atoms with E-state index in [0.29, 0.717) is 5.75 Å². The van der Waals surface area contributed by atoms with E-state index in [1.54, 1.807) is 13.4 Å². The minimum absolute atomic E-state index is 0.0640. The van der Waals surface area contributed by atoms with Crippen molar-refractivity contribution in [3.63, 3.8) is 0 Å². The predicted molar refractivity (Wildman–Crippen MR) is 84.2 cm³/mol. The number of alkyl halides is 1. The van der Waals surface area contributed by atoms with Crippen LogP contribution in [0.4, 0.5) is 0 Å². The lowest BCUT2D eigenvalue weighted by molar-refractivity contribution is 0.415. The van der Waals surface area contributed by atoms with Gasteiger partial charge in [-0.15, -0.1) is 11.6 Å². The molecule has 1 heterocycles. The maximum Gasteiger partial charge on any atom is 0.127 e. The number of ether oxygens (including phenoxy) is 1. The first kappa shape index (κ1) is 15.3. The van der Waals surface area contributed by atoms with E-state index in [9.17, 15) is 4.21 Å². The summed E-state index contributed by atoms with van der Waals surface area (Å²) in [6.45, 7) is 3.93. The highest BCUT2D eigenvalue weighted by Gasteiger charge is 2.20. The van der Waals surface area contributed by atoms with Crippen molar-refractivity contribution < 1.29 is 8.95 Å². The molecule has 20 heavy (non-hydrogen) atoms. The summed E-state index contributed by atoms with van der Waals surface area (Å²) in [4.78, 5) is 4.59. The molecule has 0 spiro atoms. The average Bonchev–Trinajstić information content (AvgIpc) is 2.76. The Morgan fingerprint density at radius 3 is 2.70 bits per heavy atom. The van der Waals surface area contributed by atoms with Crippen molar-refractivity contribution in [1.29, 1.82) is 0 Å². The number of methoxy groups -OCH3 is 1. The predicted octanol–water partition coefficient (Wildman–Crippen LogP) is 3.28. The summed E-state index contributed by atoms with van der Waals surface area (Å²) in [5, 5.41) is -0.207. The van der Waals surface area contributed by atoms with Gasteiger partial charge in [0.2, 0.25) is 0 Å². The van der Waals surface area contributed by atoms with Crippen molar-refractivity contribution in [3.8, 4) is 5.75 Å². The number of halogens is 1. The summed E-state index contributed by atoms with van der Waals surface area (Å²) in [7, 11) is 0.762. The molecule has 0 radical (unpaired) electrons. The van der Waals surface area contributed by atoms with Gasteiger partial charge in [-0.25, -0.2) is 4.98 Å². The van der Waals surface area contributed by atoms with Gasteiger partial charge in [-0.3, -0.25) is 4.21 Å². The van der Waals surface area contributed by atoms with Gasteiger partial charge in [0.25, 0.3) is 0 Å². The third-order valence-electron chi connectivity index (χ3n) is 3.20. The third kappa shape index (κ3) is 2.99. The van der Waals surface area contributed by atoms with Crippen LogP contribution in [0.15, 0.2) is 18.2 Å². The highest BCUT2D eigenvalue weighted by atomic mass is 35.5. The number of hydrogen-bond donors (Lipinski definition) is 0. The number of fused-ring (bicyclic) bond motifs is 1. The smallest absolute Gasteiger partial charge is 0.127 e. The van der Waals surface area contributed by atoms with Crippen molar-refractivity contribution in [1.82, 2.24) is 9.55 Å². The fraction of sp³-hybridized carbons (Fsp3) is 0.500. The molecule has 0 amide bonds. The lowest BCUT2D eigenvalue weighted by Crippen LogP contribution is -2.16. The number of imidazole rings is 1. The second kappa shape index (κ2) is 6.14. The Kier molecular flexibility index (Phi) is 4.70. The summed E-state index contributed by atoms with van der Waals surface area (Å²) >= 11 is 6.24. The molecule has 0 aliphatic heterocycles. The Labute approximate surface area is 126 Å². The average molecular weight is 315 g/mol.